The number of carbonyl (C=O) groups excluding carboxylic acids is 2. The Balaban J connectivity index is 1.67. The second-order valence-corrected chi connectivity index (χ2v) is 7.53. The number of carbonyl (C=O) groups is 2. The molecule has 3 aromatic heterocycles. The van der Waals surface area contributed by atoms with Crippen molar-refractivity contribution in [2.75, 3.05) is 13.1 Å². The van der Waals surface area contributed by atoms with Gasteiger partial charge in [-0.05, 0) is 37.1 Å². The lowest BCUT2D eigenvalue weighted by atomic mass is 10.1. The van der Waals surface area contributed by atoms with Crippen LogP contribution < -0.4 is 9.72 Å². The Morgan fingerprint density at radius 2 is 1.91 bits per heavy atom. The van der Waals surface area contributed by atoms with Crippen LogP contribution in [0.3, 0.4) is 0 Å². The van der Waals surface area contributed by atoms with E-state index in [-0.39, 0.29) is 22.7 Å². The number of pyridine rings is 2. The average Bonchev–Trinajstić information content (AvgIpc) is 3.17. The van der Waals surface area contributed by atoms with Gasteiger partial charge in [0.1, 0.15) is 0 Å². The number of imidazole rings is 1. The van der Waals surface area contributed by atoms with Gasteiger partial charge in [-0.25, -0.2) is 4.98 Å². The first kappa shape index (κ1) is 21.8. The highest BCUT2D eigenvalue weighted by Gasteiger charge is 2.44. The number of alkyl halides is 3. The minimum absolute atomic E-state index is 0.0449. The Morgan fingerprint density at radius 1 is 1.19 bits per heavy atom. The summed E-state index contributed by atoms with van der Waals surface area (Å²) in [5.41, 5.74) is -0.261. The Labute approximate surface area is 180 Å². The van der Waals surface area contributed by atoms with Crippen LogP contribution in [-0.4, -0.2) is 57.2 Å². The lowest BCUT2D eigenvalue weighted by molar-refractivity contribution is -0.514. The maximum Gasteiger partial charge on any atom is 0.414 e. The van der Waals surface area contributed by atoms with Gasteiger partial charge in [0.2, 0.25) is 5.69 Å². The monoisotopic (exact) mass is 448 g/mol. The largest absolute Gasteiger partial charge is 0.414 e. The van der Waals surface area contributed by atoms with Crippen LogP contribution in [0.5, 0.6) is 0 Å². The summed E-state index contributed by atoms with van der Waals surface area (Å²) in [5, 5.41) is 11.7. The molecular formula is C21H21F3N5O3+. The molecule has 0 saturated carbocycles. The molecule has 4 heterocycles. The molecule has 32 heavy (non-hydrogen) atoms. The van der Waals surface area contributed by atoms with Crippen molar-refractivity contribution in [2.24, 2.45) is 0 Å². The van der Waals surface area contributed by atoms with Crippen molar-refractivity contribution in [1.82, 2.24) is 20.2 Å². The molecule has 8 nitrogen and oxygen atoms in total. The normalized spacial score (nSPS) is 16.2. The Morgan fingerprint density at radius 3 is 2.56 bits per heavy atom. The highest BCUT2D eigenvalue weighted by Crippen LogP contribution is 2.31. The number of hydrogen-bond acceptors (Lipinski definition) is 4. The third-order valence-corrected chi connectivity index (χ3v) is 5.37. The van der Waals surface area contributed by atoms with Crippen molar-refractivity contribution in [3.05, 3.63) is 66.0 Å². The third-order valence-electron chi connectivity index (χ3n) is 5.37. The van der Waals surface area contributed by atoms with Crippen LogP contribution in [0.1, 0.15) is 45.7 Å². The standard InChI is InChI=1S/C21H20F3N5O3/c22-21(23,24)17(14-5-1-3-9-25-14)27-19(31)16-15-6-2-4-10-29(15)18(26-16)20(32)28-11-7-13(30)8-12-28/h1-6,9-10,13,17,30H,7-8,11-12H2,(H,27,31)/p+1. The Kier molecular flexibility index (Phi) is 5.83. The maximum atomic E-state index is 13.7. The van der Waals surface area contributed by atoms with Gasteiger partial charge in [0, 0.05) is 19.3 Å². The zero-order valence-electron chi connectivity index (χ0n) is 16.8. The van der Waals surface area contributed by atoms with Gasteiger partial charge in [-0.3, -0.25) is 14.6 Å². The third kappa shape index (κ3) is 4.28. The SMILES string of the molecule is O=C(NC(c1ccccn1)C(F)(F)F)c1[nH]c(C(=O)N2CCC(O)CC2)[n+]2ccccc12. The summed E-state index contributed by atoms with van der Waals surface area (Å²) >= 11 is 0. The summed E-state index contributed by atoms with van der Waals surface area (Å²) in [5.74, 6) is -1.38. The topological polar surface area (TPSA) is 102 Å². The van der Waals surface area contributed by atoms with Crippen LogP contribution in [0, 0.1) is 0 Å². The molecule has 3 aromatic rings. The van der Waals surface area contributed by atoms with Crippen molar-refractivity contribution >= 4 is 17.3 Å². The van der Waals surface area contributed by atoms with Crippen LogP contribution in [0.15, 0.2) is 48.8 Å². The molecule has 0 bridgehead atoms. The summed E-state index contributed by atoms with van der Waals surface area (Å²) in [6.07, 6.45) is -1.62. The summed E-state index contributed by atoms with van der Waals surface area (Å²) in [6, 6.07) is 6.54. The van der Waals surface area contributed by atoms with Crippen molar-refractivity contribution < 1.29 is 32.3 Å². The number of fused-ring (bicyclic) bond motifs is 1. The van der Waals surface area contributed by atoms with Gasteiger partial charge < -0.3 is 15.3 Å². The summed E-state index contributed by atoms with van der Waals surface area (Å²) in [6.45, 7) is 0.677. The molecule has 2 amide bonds. The second-order valence-electron chi connectivity index (χ2n) is 7.53. The van der Waals surface area contributed by atoms with Gasteiger partial charge in [-0.15, -0.1) is 0 Å². The van der Waals surface area contributed by atoms with Gasteiger partial charge in [0.05, 0.1) is 18.0 Å². The van der Waals surface area contributed by atoms with Crippen LogP contribution in [0.4, 0.5) is 13.2 Å². The number of aliphatic hydroxyl groups is 1. The quantitative estimate of drug-likeness (QED) is 0.530. The zero-order chi connectivity index (χ0) is 22.9. The first-order valence-corrected chi connectivity index (χ1v) is 10.0. The minimum Gasteiger partial charge on any atom is -0.393 e. The number of aromatic amines is 1. The fourth-order valence-electron chi connectivity index (χ4n) is 3.71. The number of amides is 2. The number of likely N-dealkylation sites (tertiary alicyclic amines) is 1. The van der Waals surface area contributed by atoms with E-state index in [1.54, 1.807) is 18.3 Å². The minimum atomic E-state index is -4.77. The van der Waals surface area contributed by atoms with E-state index in [0.29, 0.717) is 25.9 Å². The Bertz CT molecular complexity index is 1120. The lowest BCUT2D eigenvalue weighted by Gasteiger charge is -2.27. The number of aromatic nitrogens is 3. The number of halogens is 3. The molecule has 1 atom stereocenters. The summed E-state index contributed by atoms with van der Waals surface area (Å²) in [7, 11) is 0. The molecule has 1 fully saturated rings. The van der Waals surface area contributed by atoms with E-state index in [9.17, 15) is 27.9 Å². The van der Waals surface area contributed by atoms with E-state index in [1.165, 1.54) is 39.8 Å². The maximum absolute atomic E-state index is 13.7. The number of nitrogens with one attached hydrogen (secondary N) is 2. The number of hydrogen-bond donors (Lipinski definition) is 3. The summed E-state index contributed by atoms with van der Waals surface area (Å²) < 4.78 is 42.4. The molecule has 0 aromatic carbocycles. The first-order valence-electron chi connectivity index (χ1n) is 10.0. The van der Waals surface area contributed by atoms with Crippen LogP contribution in [0.2, 0.25) is 0 Å². The molecule has 1 unspecified atom stereocenters. The highest BCUT2D eigenvalue weighted by atomic mass is 19.4. The van der Waals surface area contributed by atoms with Gasteiger partial charge >= 0.3 is 17.9 Å². The van der Waals surface area contributed by atoms with Gasteiger partial charge in [0.25, 0.3) is 5.91 Å². The fourth-order valence-corrected chi connectivity index (χ4v) is 3.71. The molecule has 0 aliphatic carbocycles. The van der Waals surface area contributed by atoms with E-state index in [2.05, 4.69) is 9.97 Å². The predicted octanol–water partition coefficient (Wildman–Crippen LogP) is 1.78. The van der Waals surface area contributed by atoms with E-state index in [1.807, 2.05) is 5.32 Å². The van der Waals surface area contributed by atoms with E-state index >= 15 is 0 Å². The molecule has 11 heteroatoms. The van der Waals surface area contributed by atoms with Crippen molar-refractivity contribution in [1.29, 1.82) is 0 Å². The van der Waals surface area contributed by atoms with Crippen molar-refractivity contribution in [3.8, 4) is 0 Å². The van der Waals surface area contributed by atoms with Crippen LogP contribution in [0.25, 0.3) is 5.52 Å². The molecule has 1 saturated heterocycles. The van der Waals surface area contributed by atoms with Crippen molar-refractivity contribution in [2.45, 2.75) is 31.2 Å². The number of piperidine rings is 1. The van der Waals surface area contributed by atoms with Gasteiger partial charge in [0.15, 0.2) is 11.6 Å². The summed E-state index contributed by atoms with van der Waals surface area (Å²) in [4.78, 5) is 33.9. The highest BCUT2D eigenvalue weighted by molar-refractivity contribution is 6.00. The number of nitrogens with zero attached hydrogens (tertiary/aromatic N) is 3. The number of H-pyrrole nitrogens is 1. The Hall–Kier alpha value is -3.47. The van der Waals surface area contributed by atoms with Gasteiger partial charge in [-0.2, -0.15) is 17.6 Å². The van der Waals surface area contributed by atoms with Gasteiger partial charge in [-0.1, -0.05) is 12.1 Å². The number of rotatable bonds is 4. The molecule has 1 aliphatic rings. The predicted molar refractivity (Wildman–Crippen MR) is 106 cm³/mol. The van der Waals surface area contributed by atoms with E-state index < -0.39 is 30.1 Å². The average molecular weight is 448 g/mol. The molecule has 1 aliphatic heterocycles. The lowest BCUT2D eigenvalue weighted by Crippen LogP contribution is -2.43. The molecule has 4 rings (SSSR count). The smallest absolute Gasteiger partial charge is 0.393 e. The van der Waals surface area contributed by atoms with Crippen LogP contribution in [-0.2, 0) is 0 Å². The number of aliphatic hydroxyl groups excluding tert-OH is 1. The van der Waals surface area contributed by atoms with E-state index in [4.69, 9.17) is 0 Å². The van der Waals surface area contributed by atoms with Crippen molar-refractivity contribution in [3.63, 3.8) is 0 Å². The second kappa shape index (κ2) is 8.58. The molecule has 0 spiro atoms. The van der Waals surface area contributed by atoms with E-state index in [0.717, 1.165) is 0 Å². The molecular weight excluding hydrogens is 427 g/mol. The zero-order valence-corrected chi connectivity index (χ0v) is 16.8. The fraction of sp³-hybridized carbons (Fsp3) is 0.333. The first-order chi connectivity index (χ1) is 15.3. The molecule has 3 N–H and O–H groups in total. The molecule has 168 valence electrons. The van der Waals surface area contributed by atoms with Crippen LogP contribution >= 0.6 is 0 Å². The molecule has 0 radical (unpaired) electrons.